The molecule has 0 saturated heterocycles. The molecular weight excluding hydrogens is 400 g/mol. The number of ether oxygens (including phenoxy) is 1. The minimum atomic E-state index is -0.270. The van der Waals surface area contributed by atoms with Crippen molar-refractivity contribution in [1.82, 2.24) is 19.7 Å². The fourth-order valence-corrected chi connectivity index (χ4v) is 4.35. The average molecular weight is 422 g/mol. The number of rotatable bonds is 0. The summed E-state index contributed by atoms with van der Waals surface area (Å²) in [4.78, 5) is 8.73. The predicted molar refractivity (Wildman–Crippen MR) is 122 cm³/mol. The molecule has 1 unspecified atom stereocenters. The van der Waals surface area contributed by atoms with E-state index in [0.29, 0.717) is 23.7 Å². The minimum absolute atomic E-state index is 0.270. The molecule has 7 nitrogen and oxygen atoms in total. The predicted octanol–water partition coefficient (Wildman–Crippen LogP) is 4.35. The summed E-state index contributed by atoms with van der Waals surface area (Å²) >= 11 is 0. The molecule has 0 radical (unpaired) electrons. The summed E-state index contributed by atoms with van der Waals surface area (Å²) in [6, 6.07) is 12.5. The molecule has 1 atom stereocenters. The van der Waals surface area contributed by atoms with E-state index in [1.807, 2.05) is 25.3 Å². The van der Waals surface area contributed by atoms with Crippen molar-refractivity contribution in [2.75, 3.05) is 5.73 Å². The molecule has 0 spiro atoms. The van der Waals surface area contributed by atoms with Crippen LogP contribution in [0, 0.1) is 18.3 Å². The van der Waals surface area contributed by atoms with Crippen molar-refractivity contribution in [3.63, 3.8) is 0 Å². The second kappa shape index (κ2) is 7.50. The van der Waals surface area contributed by atoms with E-state index in [-0.39, 0.29) is 6.10 Å². The van der Waals surface area contributed by atoms with Crippen molar-refractivity contribution >= 4 is 5.82 Å². The maximum absolute atomic E-state index is 9.83. The van der Waals surface area contributed by atoms with E-state index in [1.54, 1.807) is 24.1 Å². The summed E-state index contributed by atoms with van der Waals surface area (Å²) in [6.07, 6.45) is 5.59. The zero-order valence-electron chi connectivity index (χ0n) is 18.1. The molecule has 4 heterocycles. The van der Waals surface area contributed by atoms with Crippen molar-refractivity contribution in [2.45, 2.75) is 26.4 Å². The van der Waals surface area contributed by atoms with Crippen molar-refractivity contribution < 1.29 is 4.74 Å². The van der Waals surface area contributed by atoms with E-state index < -0.39 is 0 Å². The van der Waals surface area contributed by atoms with E-state index >= 15 is 0 Å². The van der Waals surface area contributed by atoms with Crippen molar-refractivity contribution in [1.29, 1.82) is 5.26 Å². The number of fused-ring (bicyclic) bond motifs is 7. The second-order valence-corrected chi connectivity index (χ2v) is 8.07. The Labute approximate surface area is 186 Å². The number of aromatic nitrogens is 4. The number of nitrogens with zero attached hydrogens (tertiary/aromatic N) is 5. The van der Waals surface area contributed by atoms with Crippen LogP contribution in [0.1, 0.15) is 41.1 Å². The molecule has 0 fully saturated rings. The molecule has 158 valence electrons. The number of hydrogen-bond donors (Lipinski definition) is 1. The Morgan fingerprint density at radius 1 is 1.19 bits per heavy atom. The topological polar surface area (TPSA) is 103 Å². The number of hydrogen-bond acceptors (Lipinski definition) is 6. The Balaban J connectivity index is 1.84. The molecular formula is C25H22N6O. The van der Waals surface area contributed by atoms with Gasteiger partial charge in [0.1, 0.15) is 17.9 Å². The average Bonchev–Trinajstić information content (AvgIpc) is 3.09. The van der Waals surface area contributed by atoms with Gasteiger partial charge in [-0.05, 0) is 42.7 Å². The van der Waals surface area contributed by atoms with Gasteiger partial charge in [-0.15, -0.1) is 0 Å². The van der Waals surface area contributed by atoms with Crippen LogP contribution in [-0.2, 0) is 13.5 Å². The van der Waals surface area contributed by atoms with E-state index in [1.165, 1.54) is 0 Å². The monoisotopic (exact) mass is 422 g/mol. The SMILES string of the molecule is Cc1ccc2c(c1)C(C)Oc1cc(cnc1N)-c1c(nn(C)c1C#N)Cc1cnccc1-2. The summed E-state index contributed by atoms with van der Waals surface area (Å²) in [5, 5.41) is 14.5. The Morgan fingerprint density at radius 2 is 2.03 bits per heavy atom. The van der Waals surface area contributed by atoms with Gasteiger partial charge in [0.05, 0.1) is 5.69 Å². The van der Waals surface area contributed by atoms with Crippen LogP contribution in [-0.4, -0.2) is 19.7 Å². The van der Waals surface area contributed by atoms with E-state index in [4.69, 9.17) is 10.5 Å². The molecule has 1 aliphatic rings. The third kappa shape index (κ3) is 3.17. The first kappa shape index (κ1) is 19.8. The van der Waals surface area contributed by atoms with Gasteiger partial charge in [-0.1, -0.05) is 23.8 Å². The molecule has 2 bridgehead atoms. The number of nitrogen functional groups attached to an aromatic ring is 1. The van der Waals surface area contributed by atoms with Crippen LogP contribution >= 0.6 is 0 Å². The zero-order chi connectivity index (χ0) is 22.4. The van der Waals surface area contributed by atoms with Crippen LogP contribution in [0.4, 0.5) is 5.82 Å². The number of aryl methyl sites for hydroxylation is 2. The summed E-state index contributed by atoms with van der Waals surface area (Å²) in [6.45, 7) is 4.07. The van der Waals surface area contributed by atoms with Crippen LogP contribution in [0.15, 0.2) is 48.9 Å². The van der Waals surface area contributed by atoms with Gasteiger partial charge in [0.25, 0.3) is 0 Å². The first-order valence-corrected chi connectivity index (χ1v) is 10.4. The smallest absolute Gasteiger partial charge is 0.166 e. The van der Waals surface area contributed by atoms with E-state index in [9.17, 15) is 5.26 Å². The first-order valence-electron chi connectivity index (χ1n) is 10.4. The molecule has 1 aliphatic heterocycles. The van der Waals surface area contributed by atoms with Crippen molar-refractivity contribution in [3.8, 4) is 34.1 Å². The lowest BCUT2D eigenvalue weighted by molar-refractivity contribution is 0.228. The van der Waals surface area contributed by atoms with E-state index in [0.717, 1.165) is 44.6 Å². The Hall–Kier alpha value is -4.18. The number of pyridine rings is 2. The molecule has 7 heteroatoms. The lowest BCUT2D eigenvalue weighted by Crippen LogP contribution is -2.09. The molecule has 4 aromatic rings. The van der Waals surface area contributed by atoms with Crippen molar-refractivity contribution in [3.05, 3.63) is 77.0 Å². The molecule has 0 saturated carbocycles. The molecule has 0 aliphatic carbocycles. The van der Waals surface area contributed by atoms with Gasteiger partial charge in [-0.3, -0.25) is 9.67 Å². The normalized spacial score (nSPS) is 14.6. The molecule has 1 aromatic carbocycles. The minimum Gasteiger partial charge on any atom is -0.482 e. The van der Waals surface area contributed by atoms with Gasteiger partial charge < -0.3 is 10.5 Å². The van der Waals surface area contributed by atoms with Gasteiger partial charge in [-0.25, -0.2) is 4.98 Å². The molecule has 32 heavy (non-hydrogen) atoms. The molecule has 5 rings (SSSR count). The highest BCUT2D eigenvalue weighted by atomic mass is 16.5. The van der Waals surface area contributed by atoms with Gasteiger partial charge in [0.2, 0.25) is 0 Å². The highest BCUT2D eigenvalue weighted by molar-refractivity contribution is 5.76. The van der Waals surface area contributed by atoms with E-state index in [2.05, 4.69) is 46.3 Å². The van der Waals surface area contributed by atoms with Gasteiger partial charge in [-0.2, -0.15) is 10.4 Å². The third-order valence-electron chi connectivity index (χ3n) is 5.90. The maximum atomic E-state index is 9.83. The van der Waals surface area contributed by atoms with Gasteiger partial charge in [0.15, 0.2) is 11.6 Å². The van der Waals surface area contributed by atoms with Crippen LogP contribution in [0.3, 0.4) is 0 Å². The zero-order valence-corrected chi connectivity index (χ0v) is 18.1. The number of nitriles is 1. The highest BCUT2D eigenvalue weighted by Gasteiger charge is 2.24. The lowest BCUT2D eigenvalue weighted by Gasteiger charge is -2.22. The second-order valence-electron chi connectivity index (χ2n) is 8.07. The summed E-state index contributed by atoms with van der Waals surface area (Å²) in [5.74, 6) is 0.789. The van der Waals surface area contributed by atoms with Crippen molar-refractivity contribution in [2.24, 2.45) is 7.05 Å². The first-order chi connectivity index (χ1) is 15.5. The largest absolute Gasteiger partial charge is 0.482 e. The number of benzene rings is 1. The Morgan fingerprint density at radius 3 is 2.84 bits per heavy atom. The Bertz CT molecular complexity index is 1400. The molecule has 2 N–H and O–H groups in total. The lowest BCUT2D eigenvalue weighted by atomic mass is 9.90. The quantitative estimate of drug-likeness (QED) is 0.452. The standard InChI is InChI=1S/C25H22N6O/c1-14-4-5-19-18-6-7-28-12-16(18)9-21-24(22(11-26)31(3)30-21)17-10-23(25(27)29-13-17)32-15(2)20(19)8-14/h4-8,10,12-13,15H,9H2,1-3H3,(H2,27,29). The molecule has 0 amide bonds. The number of nitrogens with two attached hydrogens (primary N) is 1. The fraction of sp³-hybridized carbons (Fsp3) is 0.200. The summed E-state index contributed by atoms with van der Waals surface area (Å²) in [5.41, 5.74) is 14.3. The van der Waals surface area contributed by atoms with Gasteiger partial charge in [0, 0.05) is 48.7 Å². The van der Waals surface area contributed by atoms with Crippen LogP contribution in [0.5, 0.6) is 5.75 Å². The number of anilines is 1. The third-order valence-corrected chi connectivity index (χ3v) is 5.90. The van der Waals surface area contributed by atoms with Gasteiger partial charge >= 0.3 is 0 Å². The Kier molecular flexibility index (Phi) is 4.63. The van der Waals surface area contributed by atoms with Crippen LogP contribution < -0.4 is 10.5 Å². The highest BCUT2D eigenvalue weighted by Crippen LogP contribution is 2.39. The van der Waals surface area contributed by atoms with Crippen LogP contribution in [0.25, 0.3) is 22.3 Å². The van der Waals surface area contributed by atoms with Crippen LogP contribution in [0.2, 0.25) is 0 Å². The molecule has 3 aromatic heterocycles. The maximum Gasteiger partial charge on any atom is 0.166 e. The summed E-state index contributed by atoms with van der Waals surface area (Å²) < 4.78 is 7.95. The summed E-state index contributed by atoms with van der Waals surface area (Å²) in [7, 11) is 1.77. The fourth-order valence-electron chi connectivity index (χ4n) is 4.35.